The van der Waals surface area contributed by atoms with Gasteiger partial charge in [0.2, 0.25) is 5.91 Å². The van der Waals surface area contributed by atoms with Crippen molar-refractivity contribution in [3.8, 4) is 0 Å². The van der Waals surface area contributed by atoms with E-state index in [0.29, 0.717) is 13.0 Å². The highest BCUT2D eigenvalue weighted by Gasteiger charge is 2.29. The number of aliphatic carboxylic acids is 1. The lowest BCUT2D eigenvalue weighted by Crippen LogP contribution is -2.40. The van der Waals surface area contributed by atoms with Crippen molar-refractivity contribution >= 4 is 11.9 Å². The standard InChI is InChI=1S/C11H15NO4/c13-10(9-2-1-5-16-9)12-8-4-3-7(6-8)11(14)15/h3-4,7-9H,1-2,5-6H2,(H,12,13)(H,14,15). The summed E-state index contributed by atoms with van der Waals surface area (Å²) in [6.45, 7) is 0.635. The van der Waals surface area contributed by atoms with Gasteiger partial charge in [0.05, 0.1) is 5.92 Å². The van der Waals surface area contributed by atoms with Crippen molar-refractivity contribution in [1.82, 2.24) is 5.32 Å². The molecule has 3 unspecified atom stereocenters. The van der Waals surface area contributed by atoms with Gasteiger partial charge in [0.25, 0.3) is 0 Å². The quantitative estimate of drug-likeness (QED) is 0.678. The maximum atomic E-state index is 11.7. The van der Waals surface area contributed by atoms with Gasteiger partial charge in [-0.05, 0) is 19.3 Å². The van der Waals surface area contributed by atoms with Crippen LogP contribution in [-0.2, 0) is 14.3 Å². The smallest absolute Gasteiger partial charge is 0.310 e. The molecule has 1 heterocycles. The van der Waals surface area contributed by atoms with Crippen molar-refractivity contribution in [2.75, 3.05) is 6.61 Å². The monoisotopic (exact) mass is 225 g/mol. The minimum absolute atomic E-state index is 0.127. The number of ether oxygens (including phenoxy) is 1. The number of rotatable bonds is 3. The zero-order chi connectivity index (χ0) is 11.5. The Morgan fingerprint density at radius 2 is 2.19 bits per heavy atom. The Hall–Kier alpha value is -1.36. The predicted molar refractivity (Wildman–Crippen MR) is 55.8 cm³/mol. The molecule has 88 valence electrons. The lowest BCUT2D eigenvalue weighted by molar-refractivity contribution is -0.140. The van der Waals surface area contributed by atoms with Gasteiger partial charge in [-0.2, -0.15) is 0 Å². The third kappa shape index (κ3) is 2.41. The molecule has 1 amide bonds. The minimum atomic E-state index is -0.842. The first kappa shape index (κ1) is 11.1. The molecule has 5 heteroatoms. The van der Waals surface area contributed by atoms with Crippen LogP contribution < -0.4 is 5.32 Å². The summed E-state index contributed by atoms with van der Waals surface area (Å²) in [7, 11) is 0. The molecule has 0 aromatic carbocycles. The average molecular weight is 225 g/mol. The van der Waals surface area contributed by atoms with Gasteiger partial charge in [0.15, 0.2) is 0 Å². The zero-order valence-corrected chi connectivity index (χ0v) is 8.89. The van der Waals surface area contributed by atoms with Crippen LogP contribution >= 0.6 is 0 Å². The van der Waals surface area contributed by atoms with Gasteiger partial charge in [0, 0.05) is 12.6 Å². The van der Waals surface area contributed by atoms with Crippen LogP contribution in [-0.4, -0.2) is 35.7 Å². The van der Waals surface area contributed by atoms with E-state index in [9.17, 15) is 9.59 Å². The van der Waals surface area contributed by atoms with E-state index >= 15 is 0 Å². The Kier molecular flexibility index (Phi) is 3.24. The Balaban J connectivity index is 1.81. The average Bonchev–Trinajstić information content (AvgIpc) is 2.87. The Bertz CT molecular complexity index is 320. The molecule has 3 atom stereocenters. The van der Waals surface area contributed by atoms with E-state index in [4.69, 9.17) is 9.84 Å². The highest BCUT2D eigenvalue weighted by molar-refractivity contribution is 5.82. The number of hydrogen-bond donors (Lipinski definition) is 2. The summed E-state index contributed by atoms with van der Waals surface area (Å²) >= 11 is 0. The minimum Gasteiger partial charge on any atom is -0.481 e. The van der Waals surface area contributed by atoms with Gasteiger partial charge in [-0.15, -0.1) is 0 Å². The zero-order valence-electron chi connectivity index (χ0n) is 8.89. The summed E-state index contributed by atoms with van der Waals surface area (Å²) in [5, 5.41) is 11.6. The number of carbonyl (C=O) groups is 2. The molecule has 1 fully saturated rings. The van der Waals surface area contributed by atoms with Crippen molar-refractivity contribution in [1.29, 1.82) is 0 Å². The Labute approximate surface area is 93.5 Å². The van der Waals surface area contributed by atoms with Crippen molar-refractivity contribution in [3.63, 3.8) is 0 Å². The third-order valence-corrected chi connectivity index (χ3v) is 2.95. The molecule has 0 aromatic rings. The summed E-state index contributed by atoms with van der Waals surface area (Å²) in [6, 6.07) is -0.169. The Morgan fingerprint density at radius 1 is 1.38 bits per heavy atom. The van der Waals surface area contributed by atoms with E-state index < -0.39 is 11.9 Å². The SMILES string of the molecule is O=C(O)C1C=CC(NC(=O)C2CCCO2)C1. The number of carbonyl (C=O) groups excluding carboxylic acids is 1. The summed E-state index contributed by atoms with van der Waals surface area (Å²) in [5.41, 5.74) is 0. The summed E-state index contributed by atoms with van der Waals surface area (Å²) in [5.74, 6) is -1.45. The van der Waals surface area contributed by atoms with Crippen LogP contribution in [0.5, 0.6) is 0 Å². The molecule has 1 aliphatic carbocycles. The Morgan fingerprint density at radius 3 is 2.75 bits per heavy atom. The van der Waals surface area contributed by atoms with Gasteiger partial charge in [-0.3, -0.25) is 9.59 Å². The van der Waals surface area contributed by atoms with Crippen LogP contribution in [0, 0.1) is 5.92 Å². The summed E-state index contributed by atoms with van der Waals surface area (Å²) in [6.07, 6.45) is 5.13. The molecule has 0 bridgehead atoms. The molecule has 0 spiro atoms. The molecule has 16 heavy (non-hydrogen) atoms. The van der Waals surface area contributed by atoms with E-state index in [0.717, 1.165) is 12.8 Å². The number of carboxylic acid groups (broad SMARTS) is 1. The van der Waals surface area contributed by atoms with Crippen molar-refractivity contribution in [2.45, 2.75) is 31.4 Å². The van der Waals surface area contributed by atoms with Crippen LogP contribution in [0.4, 0.5) is 0 Å². The molecule has 0 aromatic heterocycles. The molecule has 2 aliphatic rings. The summed E-state index contributed by atoms with van der Waals surface area (Å²) < 4.78 is 5.25. The van der Waals surface area contributed by atoms with Crippen LogP contribution in [0.25, 0.3) is 0 Å². The van der Waals surface area contributed by atoms with E-state index in [1.54, 1.807) is 12.2 Å². The van der Waals surface area contributed by atoms with Gasteiger partial charge in [-0.25, -0.2) is 0 Å². The third-order valence-electron chi connectivity index (χ3n) is 2.95. The lowest BCUT2D eigenvalue weighted by Gasteiger charge is -2.15. The van der Waals surface area contributed by atoms with Crippen molar-refractivity contribution in [2.24, 2.45) is 5.92 Å². The van der Waals surface area contributed by atoms with E-state index in [2.05, 4.69) is 5.32 Å². The van der Waals surface area contributed by atoms with Crippen LogP contribution in [0.1, 0.15) is 19.3 Å². The molecule has 2 N–H and O–H groups in total. The molecular formula is C11H15NO4. The molecule has 2 rings (SSSR count). The van der Waals surface area contributed by atoms with Crippen LogP contribution in [0.3, 0.4) is 0 Å². The topological polar surface area (TPSA) is 75.6 Å². The first-order valence-electron chi connectivity index (χ1n) is 5.50. The van der Waals surface area contributed by atoms with Crippen LogP contribution in [0.2, 0.25) is 0 Å². The van der Waals surface area contributed by atoms with E-state index in [1.807, 2.05) is 0 Å². The van der Waals surface area contributed by atoms with Gasteiger partial charge in [0.1, 0.15) is 6.10 Å². The van der Waals surface area contributed by atoms with Crippen molar-refractivity contribution in [3.05, 3.63) is 12.2 Å². The maximum Gasteiger partial charge on any atom is 0.310 e. The predicted octanol–water partition coefficient (Wildman–Crippen LogP) is 0.311. The molecule has 1 aliphatic heterocycles. The highest BCUT2D eigenvalue weighted by Crippen LogP contribution is 2.19. The molecule has 5 nitrogen and oxygen atoms in total. The number of hydrogen-bond acceptors (Lipinski definition) is 3. The maximum absolute atomic E-state index is 11.7. The molecule has 1 saturated heterocycles. The second-order valence-corrected chi connectivity index (χ2v) is 4.18. The molecule has 0 radical (unpaired) electrons. The van der Waals surface area contributed by atoms with Gasteiger partial charge >= 0.3 is 5.97 Å². The second-order valence-electron chi connectivity index (χ2n) is 4.18. The summed E-state index contributed by atoms with van der Waals surface area (Å²) in [4.78, 5) is 22.4. The van der Waals surface area contributed by atoms with Gasteiger partial charge < -0.3 is 15.2 Å². The fourth-order valence-corrected chi connectivity index (χ4v) is 2.05. The van der Waals surface area contributed by atoms with E-state index in [-0.39, 0.29) is 18.1 Å². The first-order chi connectivity index (χ1) is 7.66. The number of amides is 1. The largest absolute Gasteiger partial charge is 0.481 e. The fraction of sp³-hybridized carbons (Fsp3) is 0.636. The molecular weight excluding hydrogens is 210 g/mol. The number of carboxylic acids is 1. The second kappa shape index (κ2) is 4.65. The fourth-order valence-electron chi connectivity index (χ4n) is 2.05. The molecule has 0 saturated carbocycles. The van der Waals surface area contributed by atoms with Crippen LogP contribution in [0.15, 0.2) is 12.2 Å². The first-order valence-corrected chi connectivity index (χ1v) is 5.50. The van der Waals surface area contributed by atoms with E-state index in [1.165, 1.54) is 0 Å². The lowest BCUT2D eigenvalue weighted by atomic mass is 10.1. The highest BCUT2D eigenvalue weighted by atomic mass is 16.5. The van der Waals surface area contributed by atoms with Crippen molar-refractivity contribution < 1.29 is 19.4 Å². The number of nitrogens with one attached hydrogen (secondary N) is 1. The normalized spacial score (nSPS) is 32.9. The van der Waals surface area contributed by atoms with Gasteiger partial charge in [-0.1, -0.05) is 12.2 Å².